The number of hydrogen-bond acceptors (Lipinski definition) is 5. The van der Waals surface area contributed by atoms with E-state index in [1.165, 1.54) is 6.33 Å². The van der Waals surface area contributed by atoms with Crippen molar-refractivity contribution in [1.82, 2.24) is 29.3 Å². The summed E-state index contributed by atoms with van der Waals surface area (Å²) >= 11 is 0. The topological polar surface area (TPSA) is 101 Å². The standard InChI is InChI=1S/C13H9N7O/c21-12(10-9-1-2-14-11(9)18-7-17-10)19-8-5-16-13-15-3-4-20(13)6-8/h1-7H,(H,19,21)(H,14,17,18). The lowest BCUT2D eigenvalue weighted by molar-refractivity contribution is 0.102. The van der Waals surface area contributed by atoms with Crippen LogP contribution in [0.4, 0.5) is 5.69 Å². The summed E-state index contributed by atoms with van der Waals surface area (Å²) in [5.41, 5.74) is 1.50. The second kappa shape index (κ2) is 4.37. The summed E-state index contributed by atoms with van der Waals surface area (Å²) in [6, 6.07) is 1.77. The van der Waals surface area contributed by atoms with Crippen molar-refractivity contribution in [3.63, 3.8) is 0 Å². The van der Waals surface area contributed by atoms with Crippen LogP contribution in [0.1, 0.15) is 10.5 Å². The molecule has 21 heavy (non-hydrogen) atoms. The van der Waals surface area contributed by atoms with E-state index in [1.807, 2.05) is 0 Å². The molecule has 4 heterocycles. The van der Waals surface area contributed by atoms with Crippen LogP contribution in [0.15, 0.2) is 43.4 Å². The number of aromatic amines is 1. The summed E-state index contributed by atoms with van der Waals surface area (Å²) in [5, 5.41) is 3.44. The average Bonchev–Trinajstić information content (AvgIpc) is 3.14. The van der Waals surface area contributed by atoms with E-state index in [0.29, 0.717) is 28.2 Å². The molecule has 0 aliphatic heterocycles. The molecule has 0 fully saturated rings. The van der Waals surface area contributed by atoms with E-state index >= 15 is 0 Å². The normalized spacial score (nSPS) is 11.0. The van der Waals surface area contributed by atoms with Crippen molar-refractivity contribution in [2.45, 2.75) is 0 Å². The Morgan fingerprint density at radius 1 is 1.24 bits per heavy atom. The van der Waals surface area contributed by atoms with Gasteiger partial charge in [-0.2, -0.15) is 0 Å². The van der Waals surface area contributed by atoms with Crippen molar-refractivity contribution in [2.24, 2.45) is 0 Å². The lowest BCUT2D eigenvalue weighted by Crippen LogP contribution is -2.14. The zero-order valence-corrected chi connectivity index (χ0v) is 10.7. The Labute approximate surface area is 117 Å². The largest absolute Gasteiger partial charge is 0.346 e. The van der Waals surface area contributed by atoms with Crippen LogP contribution >= 0.6 is 0 Å². The van der Waals surface area contributed by atoms with Crippen LogP contribution in [0.25, 0.3) is 16.8 Å². The molecule has 0 atom stereocenters. The van der Waals surface area contributed by atoms with Crippen LogP contribution in [0.5, 0.6) is 0 Å². The fraction of sp³-hybridized carbons (Fsp3) is 0. The van der Waals surface area contributed by atoms with Gasteiger partial charge in [-0.25, -0.2) is 19.9 Å². The third kappa shape index (κ3) is 1.89. The van der Waals surface area contributed by atoms with Crippen molar-refractivity contribution < 1.29 is 4.79 Å². The lowest BCUT2D eigenvalue weighted by atomic mass is 10.2. The van der Waals surface area contributed by atoms with E-state index < -0.39 is 0 Å². The van der Waals surface area contributed by atoms with E-state index in [-0.39, 0.29) is 5.91 Å². The molecule has 0 spiro atoms. The van der Waals surface area contributed by atoms with E-state index in [0.717, 1.165) is 0 Å². The first kappa shape index (κ1) is 11.5. The number of rotatable bonds is 2. The number of H-pyrrole nitrogens is 1. The molecule has 0 unspecified atom stereocenters. The highest BCUT2D eigenvalue weighted by molar-refractivity contribution is 6.10. The van der Waals surface area contributed by atoms with Gasteiger partial charge in [0.2, 0.25) is 5.78 Å². The second-order valence-electron chi connectivity index (χ2n) is 4.39. The number of anilines is 1. The maximum Gasteiger partial charge on any atom is 0.275 e. The van der Waals surface area contributed by atoms with E-state index in [9.17, 15) is 4.79 Å². The van der Waals surface area contributed by atoms with Gasteiger partial charge >= 0.3 is 0 Å². The molecule has 102 valence electrons. The van der Waals surface area contributed by atoms with E-state index in [4.69, 9.17) is 0 Å². The summed E-state index contributed by atoms with van der Waals surface area (Å²) in [7, 11) is 0. The number of carbonyl (C=O) groups excluding carboxylic acids is 1. The molecule has 4 aromatic rings. The maximum atomic E-state index is 12.3. The van der Waals surface area contributed by atoms with Gasteiger partial charge in [-0.3, -0.25) is 9.20 Å². The van der Waals surface area contributed by atoms with Crippen LogP contribution in [0.3, 0.4) is 0 Å². The molecule has 8 heteroatoms. The Balaban J connectivity index is 1.70. The minimum absolute atomic E-state index is 0.312. The Kier molecular flexibility index (Phi) is 2.40. The molecule has 0 aromatic carbocycles. The zero-order chi connectivity index (χ0) is 14.2. The molecule has 8 nitrogen and oxygen atoms in total. The summed E-state index contributed by atoms with van der Waals surface area (Å²) < 4.78 is 1.72. The average molecular weight is 279 g/mol. The Morgan fingerprint density at radius 2 is 2.19 bits per heavy atom. The molecule has 0 aliphatic rings. The van der Waals surface area contributed by atoms with Gasteiger partial charge in [-0.15, -0.1) is 0 Å². The van der Waals surface area contributed by atoms with Crippen molar-refractivity contribution in [2.75, 3.05) is 5.32 Å². The number of nitrogens with one attached hydrogen (secondary N) is 2. The molecule has 0 saturated carbocycles. The van der Waals surface area contributed by atoms with E-state index in [2.05, 4.69) is 30.2 Å². The first-order valence-electron chi connectivity index (χ1n) is 6.19. The van der Waals surface area contributed by atoms with E-state index in [1.54, 1.807) is 41.5 Å². The number of hydrogen-bond donors (Lipinski definition) is 2. The zero-order valence-electron chi connectivity index (χ0n) is 10.7. The van der Waals surface area contributed by atoms with Gasteiger partial charge in [0.05, 0.1) is 17.3 Å². The smallest absolute Gasteiger partial charge is 0.275 e. The van der Waals surface area contributed by atoms with Crippen molar-refractivity contribution in [1.29, 1.82) is 0 Å². The highest BCUT2D eigenvalue weighted by Gasteiger charge is 2.13. The molecule has 4 aromatic heterocycles. The molecule has 0 bridgehead atoms. The summed E-state index contributed by atoms with van der Waals surface area (Å²) in [5.74, 6) is 0.256. The Morgan fingerprint density at radius 3 is 3.14 bits per heavy atom. The monoisotopic (exact) mass is 279 g/mol. The van der Waals surface area contributed by atoms with Gasteiger partial charge in [-0.05, 0) is 6.07 Å². The van der Waals surface area contributed by atoms with Gasteiger partial charge in [0.25, 0.3) is 5.91 Å². The van der Waals surface area contributed by atoms with Crippen LogP contribution in [-0.4, -0.2) is 35.2 Å². The highest BCUT2D eigenvalue weighted by atomic mass is 16.1. The van der Waals surface area contributed by atoms with Crippen molar-refractivity contribution in [3.8, 4) is 0 Å². The van der Waals surface area contributed by atoms with Gasteiger partial charge in [0.1, 0.15) is 17.7 Å². The maximum absolute atomic E-state index is 12.3. The molecular formula is C13H9N7O. The highest BCUT2D eigenvalue weighted by Crippen LogP contribution is 2.15. The predicted octanol–water partition coefficient (Wildman–Crippen LogP) is 1.25. The summed E-state index contributed by atoms with van der Waals surface area (Å²) in [6.45, 7) is 0. The third-order valence-corrected chi connectivity index (χ3v) is 3.07. The fourth-order valence-electron chi connectivity index (χ4n) is 2.12. The predicted molar refractivity (Wildman–Crippen MR) is 74.8 cm³/mol. The van der Waals surface area contributed by atoms with Gasteiger partial charge in [-0.1, -0.05) is 0 Å². The summed E-state index contributed by atoms with van der Waals surface area (Å²) in [6.07, 6.45) is 9.76. The third-order valence-electron chi connectivity index (χ3n) is 3.07. The first-order chi connectivity index (χ1) is 10.3. The van der Waals surface area contributed by atoms with Crippen molar-refractivity contribution >= 4 is 28.4 Å². The minimum Gasteiger partial charge on any atom is -0.346 e. The Hall–Kier alpha value is -3.29. The quantitative estimate of drug-likeness (QED) is 0.575. The van der Waals surface area contributed by atoms with Crippen molar-refractivity contribution in [3.05, 3.63) is 49.1 Å². The van der Waals surface area contributed by atoms with Gasteiger partial charge < -0.3 is 10.3 Å². The molecular weight excluding hydrogens is 270 g/mol. The molecule has 0 aliphatic carbocycles. The Bertz CT molecular complexity index is 955. The van der Waals surface area contributed by atoms with Gasteiger partial charge in [0.15, 0.2) is 0 Å². The summed E-state index contributed by atoms with van der Waals surface area (Å²) in [4.78, 5) is 31.6. The molecule has 0 radical (unpaired) electrons. The van der Waals surface area contributed by atoms with Crippen LogP contribution in [0.2, 0.25) is 0 Å². The molecule has 2 N–H and O–H groups in total. The van der Waals surface area contributed by atoms with Crippen LogP contribution in [0, 0.1) is 0 Å². The first-order valence-corrected chi connectivity index (χ1v) is 6.19. The minimum atomic E-state index is -0.316. The number of carbonyl (C=O) groups is 1. The molecule has 1 amide bonds. The fourth-order valence-corrected chi connectivity index (χ4v) is 2.12. The van der Waals surface area contributed by atoms with Gasteiger partial charge in [0, 0.05) is 24.8 Å². The molecule has 0 saturated heterocycles. The number of nitrogens with zero attached hydrogens (tertiary/aromatic N) is 5. The lowest BCUT2D eigenvalue weighted by Gasteiger charge is -2.05. The number of aromatic nitrogens is 6. The van der Waals surface area contributed by atoms with Crippen LogP contribution < -0.4 is 5.32 Å². The van der Waals surface area contributed by atoms with Crippen LogP contribution in [-0.2, 0) is 0 Å². The number of imidazole rings is 1. The number of fused-ring (bicyclic) bond motifs is 2. The molecule has 4 rings (SSSR count). The SMILES string of the molecule is O=C(Nc1cnc2nccn2c1)c1ncnc2[nH]ccc12. The number of amides is 1. The second-order valence-corrected chi connectivity index (χ2v) is 4.39.